The van der Waals surface area contributed by atoms with Gasteiger partial charge in [-0.1, -0.05) is 41.6 Å². The zero-order chi connectivity index (χ0) is 19.3. The molecule has 28 heavy (non-hydrogen) atoms. The Morgan fingerprint density at radius 2 is 1.75 bits per heavy atom. The Labute approximate surface area is 168 Å². The number of ether oxygens (including phenoxy) is 1. The second-order valence-corrected chi connectivity index (χ2v) is 7.59. The van der Waals surface area contributed by atoms with E-state index in [1.165, 1.54) is 5.56 Å². The summed E-state index contributed by atoms with van der Waals surface area (Å²) in [5.74, 6) is 1.62. The Morgan fingerprint density at radius 3 is 2.43 bits per heavy atom. The summed E-state index contributed by atoms with van der Waals surface area (Å²) in [6.45, 7) is 5.11. The number of thioether (sulfide) groups is 1. The van der Waals surface area contributed by atoms with Crippen LogP contribution in [0.4, 0.5) is 5.95 Å². The number of hydrogen-bond acceptors (Lipinski definition) is 6. The maximum atomic E-state index is 8.95. The molecule has 1 fully saturated rings. The van der Waals surface area contributed by atoms with Gasteiger partial charge < -0.3 is 9.64 Å². The monoisotopic (exact) mass is 391 g/mol. The number of rotatable bonds is 5. The van der Waals surface area contributed by atoms with Gasteiger partial charge in [0.1, 0.15) is 0 Å². The van der Waals surface area contributed by atoms with Gasteiger partial charge in [0.05, 0.1) is 30.5 Å². The van der Waals surface area contributed by atoms with Crippen LogP contribution in [-0.4, -0.2) is 41.1 Å². The average molecular weight is 392 g/mol. The third-order valence-corrected chi connectivity index (χ3v) is 5.65. The van der Waals surface area contributed by atoms with Gasteiger partial charge in [-0.05, 0) is 36.8 Å². The van der Waals surface area contributed by atoms with Gasteiger partial charge in [-0.25, -0.2) is 0 Å². The Morgan fingerprint density at radius 1 is 1.04 bits per heavy atom. The standard InChI is InChI=1S/C21H21N5OS/c1-16-2-8-19(9-3-16)26-20(25-10-12-27-13-11-25)23-24-21(26)28-15-18-6-4-17(14-22)5-7-18/h2-9H,10-13,15H2,1H3. The van der Waals surface area contributed by atoms with Crippen molar-refractivity contribution in [2.75, 3.05) is 31.2 Å². The summed E-state index contributed by atoms with van der Waals surface area (Å²) < 4.78 is 7.61. The number of aryl methyl sites for hydroxylation is 1. The smallest absolute Gasteiger partial charge is 0.232 e. The van der Waals surface area contributed by atoms with Gasteiger partial charge in [0.2, 0.25) is 5.95 Å². The maximum Gasteiger partial charge on any atom is 0.232 e. The van der Waals surface area contributed by atoms with Crippen molar-refractivity contribution in [3.8, 4) is 11.8 Å². The predicted molar refractivity (Wildman–Crippen MR) is 110 cm³/mol. The number of morpholine rings is 1. The summed E-state index contributed by atoms with van der Waals surface area (Å²) in [5, 5.41) is 18.8. The Balaban J connectivity index is 1.63. The number of nitriles is 1. The highest BCUT2D eigenvalue weighted by Gasteiger charge is 2.21. The second-order valence-electron chi connectivity index (χ2n) is 6.65. The van der Waals surface area contributed by atoms with E-state index in [-0.39, 0.29) is 0 Å². The topological polar surface area (TPSA) is 67.0 Å². The van der Waals surface area contributed by atoms with Crippen LogP contribution >= 0.6 is 11.8 Å². The normalized spacial score (nSPS) is 14.1. The third-order valence-electron chi connectivity index (χ3n) is 4.65. The molecule has 1 aliphatic rings. The highest BCUT2D eigenvalue weighted by Crippen LogP contribution is 2.29. The lowest BCUT2D eigenvalue weighted by Crippen LogP contribution is -2.37. The predicted octanol–water partition coefficient (Wildman–Crippen LogP) is 3.58. The Kier molecular flexibility index (Phi) is 5.60. The molecule has 0 saturated carbocycles. The van der Waals surface area contributed by atoms with Crippen molar-refractivity contribution < 1.29 is 4.74 Å². The van der Waals surface area contributed by atoms with E-state index in [1.54, 1.807) is 11.8 Å². The van der Waals surface area contributed by atoms with Gasteiger partial charge in [-0.15, -0.1) is 10.2 Å². The van der Waals surface area contributed by atoms with Crippen LogP contribution < -0.4 is 4.90 Å². The highest BCUT2D eigenvalue weighted by molar-refractivity contribution is 7.98. The lowest BCUT2D eigenvalue weighted by atomic mass is 10.2. The van der Waals surface area contributed by atoms with Crippen LogP contribution in [0.3, 0.4) is 0 Å². The molecule has 1 aromatic heterocycles. The number of nitrogens with zero attached hydrogens (tertiary/aromatic N) is 5. The fraction of sp³-hybridized carbons (Fsp3) is 0.286. The van der Waals surface area contributed by atoms with Crippen molar-refractivity contribution in [2.45, 2.75) is 17.8 Å². The Hall–Kier alpha value is -2.82. The van der Waals surface area contributed by atoms with E-state index in [0.29, 0.717) is 18.8 Å². The molecule has 4 rings (SSSR count). The summed E-state index contributed by atoms with van der Waals surface area (Å²) in [5.41, 5.74) is 4.09. The van der Waals surface area contributed by atoms with Gasteiger partial charge in [-0.3, -0.25) is 4.57 Å². The molecule has 0 aliphatic carbocycles. The molecule has 1 saturated heterocycles. The van der Waals surface area contributed by atoms with Crippen LogP contribution in [0, 0.1) is 18.3 Å². The molecule has 2 aromatic carbocycles. The molecule has 0 N–H and O–H groups in total. The molecular formula is C21H21N5OS. The number of hydrogen-bond donors (Lipinski definition) is 0. The zero-order valence-electron chi connectivity index (χ0n) is 15.7. The molecule has 142 valence electrons. The molecule has 1 aliphatic heterocycles. The van der Waals surface area contributed by atoms with E-state index in [4.69, 9.17) is 10.00 Å². The molecule has 0 spiro atoms. The fourth-order valence-corrected chi connectivity index (χ4v) is 3.97. The first-order chi connectivity index (χ1) is 13.7. The van der Waals surface area contributed by atoms with Gasteiger partial charge in [0, 0.05) is 18.8 Å². The van der Waals surface area contributed by atoms with Crippen molar-refractivity contribution in [2.24, 2.45) is 0 Å². The molecule has 0 amide bonds. The van der Waals surface area contributed by atoms with Crippen LogP contribution in [0.2, 0.25) is 0 Å². The van der Waals surface area contributed by atoms with Crippen LogP contribution in [0.25, 0.3) is 5.69 Å². The van der Waals surface area contributed by atoms with Gasteiger partial charge in [0.25, 0.3) is 0 Å². The minimum Gasteiger partial charge on any atom is -0.378 e. The molecular weight excluding hydrogens is 370 g/mol. The largest absolute Gasteiger partial charge is 0.378 e. The van der Waals surface area contributed by atoms with Gasteiger partial charge >= 0.3 is 0 Å². The van der Waals surface area contributed by atoms with Crippen molar-refractivity contribution in [1.82, 2.24) is 14.8 Å². The minimum absolute atomic E-state index is 0.672. The zero-order valence-corrected chi connectivity index (χ0v) is 16.5. The summed E-state index contributed by atoms with van der Waals surface area (Å²) >= 11 is 1.65. The third kappa shape index (κ3) is 4.03. The highest BCUT2D eigenvalue weighted by atomic mass is 32.2. The minimum atomic E-state index is 0.672. The van der Waals surface area contributed by atoms with Crippen LogP contribution in [0.5, 0.6) is 0 Å². The van der Waals surface area contributed by atoms with E-state index in [0.717, 1.165) is 41.2 Å². The summed E-state index contributed by atoms with van der Waals surface area (Å²) in [6.07, 6.45) is 0. The number of anilines is 1. The molecule has 2 heterocycles. The van der Waals surface area contributed by atoms with E-state index >= 15 is 0 Å². The molecule has 3 aromatic rings. The SMILES string of the molecule is Cc1ccc(-n2c(SCc3ccc(C#N)cc3)nnc2N2CCOCC2)cc1. The summed E-state index contributed by atoms with van der Waals surface area (Å²) in [7, 11) is 0. The van der Waals surface area contributed by atoms with Crippen molar-refractivity contribution in [3.63, 3.8) is 0 Å². The maximum absolute atomic E-state index is 8.95. The van der Waals surface area contributed by atoms with Gasteiger partial charge in [-0.2, -0.15) is 5.26 Å². The van der Waals surface area contributed by atoms with Crippen molar-refractivity contribution >= 4 is 17.7 Å². The molecule has 0 radical (unpaired) electrons. The van der Waals surface area contributed by atoms with Crippen molar-refractivity contribution in [3.05, 3.63) is 65.2 Å². The molecule has 0 unspecified atom stereocenters. The van der Waals surface area contributed by atoms with E-state index in [2.05, 4.69) is 56.9 Å². The lowest BCUT2D eigenvalue weighted by Gasteiger charge is -2.28. The summed E-state index contributed by atoms with van der Waals surface area (Å²) in [4.78, 5) is 2.22. The fourth-order valence-electron chi connectivity index (χ4n) is 3.07. The molecule has 7 heteroatoms. The van der Waals surface area contributed by atoms with Crippen LogP contribution in [0.1, 0.15) is 16.7 Å². The first kappa shape index (κ1) is 18.5. The lowest BCUT2D eigenvalue weighted by molar-refractivity contribution is 0.122. The molecule has 0 bridgehead atoms. The van der Waals surface area contributed by atoms with Crippen molar-refractivity contribution in [1.29, 1.82) is 5.26 Å². The average Bonchev–Trinajstić information content (AvgIpc) is 3.18. The van der Waals surface area contributed by atoms with E-state index < -0.39 is 0 Å². The quantitative estimate of drug-likeness (QED) is 0.620. The number of aromatic nitrogens is 3. The van der Waals surface area contributed by atoms with Crippen LogP contribution in [-0.2, 0) is 10.5 Å². The molecule has 6 nitrogen and oxygen atoms in total. The van der Waals surface area contributed by atoms with Crippen LogP contribution in [0.15, 0.2) is 53.7 Å². The first-order valence-corrected chi connectivity index (χ1v) is 10.2. The van der Waals surface area contributed by atoms with Gasteiger partial charge in [0.15, 0.2) is 5.16 Å². The van der Waals surface area contributed by atoms with E-state index in [1.807, 2.05) is 24.3 Å². The van der Waals surface area contributed by atoms with E-state index in [9.17, 15) is 0 Å². The summed E-state index contributed by atoms with van der Waals surface area (Å²) in [6, 6.07) is 18.2. The number of benzene rings is 2. The Bertz CT molecular complexity index is 970. The first-order valence-electron chi connectivity index (χ1n) is 9.21. The molecule has 0 atom stereocenters. The second kappa shape index (κ2) is 8.46.